The van der Waals surface area contributed by atoms with Gasteiger partial charge in [-0.25, -0.2) is 0 Å². The van der Waals surface area contributed by atoms with Crippen LogP contribution in [-0.4, -0.2) is 22.6 Å². The molecule has 1 aromatic carbocycles. The summed E-state index contributed by atoms with van der Waals surface area (Å²) in [4.78, 5) is 12.0. The number of carbonyl (C=O) groups excluding carboxylic acids is 1. The number of hydrogen-bond acceptors (Lipinski definition) is 2. The van der Waals surface area contributed by atoms with E-state index in [4.69, 9.17) is 0 Å². The molecule has 0 bridgehead atoms. The van der Waals surface area contributed by atoms with Gasteiger partial charge in [-0.3, -0.25) is 9.89 Å². The standard InChI is InChI=1S/C17H25N3O/c1-13(2)7-5-3-4-6-10-18-17(21)14-8-9-15-12-19-20-16(15)11-14/h8-9,11-13H,3-7,10H2,1-2H3,(H,18,21)(H,19,20). The summed E-state index contributed by atoms with van der Waals surface area (Å²) in [6.07, 6.45) is 7.85. The number of hydrogen-bond donors (Lipinski definition) is 2. The number of nitrogens with one attached hydrogen (secondary N) is 2. The molecule has 21 heavy (non-hydrogen) atoms. The summed E-state index contributed by atoms with van der Waals surface area (Å²) < 4.78 is 0. The van der Waals surface area contributed by atoms with Gasteiger partial charge in [0.2, 0.25) is 0 Å². The third-order valence-corrected chi connectivity index (χ3v) is 3.70. The van der Waals surface area contributed by atoms with Gasteiger partial charge in [-0.1, -0.05) is 45.6 Å². The number of fused-ring (bicyclic) bond motifs is 1. The van der Waals surface area contributed by atoms with Gasteiger partial charge < -0.3 is 5.32 Å². The first-order valence-corrected chi connectivity index (χ1v) is 7.88. The lowest BCUT2D eigenvalue weighted by molar-refractivity contribution is 0.0953. The summed E-state index contributed by atoms with van der Waals surface area (Å²) in [6, 6.07) is 5.61. The van der Waals surface area contributed by atoms with Crippen molar-refractivity contribution in [2.75, 3.05) is 6.54 Å². The van der Waals surface area contributed by atoms with Crippen molar-refractivity contribution in [3.05, 3.63) is 30.0 Å². The Labute approximate surface area is 126 Å². The number of nitrogens with zero attached hydrogens (tertiary/aromatic N) is 1. The van der Waals surface area contributed by atoms with E-state index in [1.54, 1.807) is 6.20 Å². The molecule has 1 aromatic heterocycles. The van der Waals surface area contributed by atoms with Crippen LogP contribution in [0.1, 0.15) is 56.3 Å². The minimum atomic E-state index is -0.00585. The average molecular weight is 287 g/mol. The van der Waals surface area contributed by atoms with Gasteiger partial charge in [-0.05, 0) is 24.5 Å². The minimum absolute atomic E-state index is 0.00585. The predicted octanol–water partition coefficient (Wildman–Crippen LogP) is 3.90. The fraction of sp³-hybridized carbons (Fsp3) is 0.529. The highest BCUT2D eigenvalue weighted by Crippen LogP contribution is 2.13. The molecule has 4 heteroatoms. The number of aromatic amines is 1. The molecule has 0 saturated heterocycles. The maximum atomic E-state index is 12.0. The fourth-order valence-electron chi connectivity index (χ4n) is 2.41. The summed E-state index contributed by atoms with van der Waals surface area (Å²) >= 11 is 0. The van der Waals surface area contributed by atoms with Crippen LogP contribution in [0.3, 0.4) is 0 Å². The topological polar surface area (TPSA) is 57.8 Å². The van der Waals surface area contributed by atoms with E-state index in [-0.39, 0.29) is 5.91 Å². The Balaban J connectivity index is 1.67. The molecule has 0 radical (unpaired) electrons. The molecule has 4 nitrogen and oxygen atoms in total. The molecule has 1 amide bonds. The van der Waals surface area contributed by atoms with Gasteiger partial charge >= 0.3 is 0 Å². The van der Waals surface area contributed by atoms with E-state index in [2.05, 4.69) is 29.4 Å². The van der Waals surface area contributed by atoms with Crippen molar-refractivity contribution >= 4 is 16.8 Å². The lowest BCUT2D eigenvalue weighted by atomic mass is 10.0. The first-order chi connectivity index (χ1) is 10.2. The van der Waals surface area contributed by atoms with Crippen LogP contribution in [0.25, 0.3) is 10.9 Å². The third-order valence-electron chi connectivity index (χ3n) is 3.70. The number of aromatic nitrogens is 2. The lowest BCUT2D eigenvalue weighted by Crippen LogP contribution is -2.24. The van der Waals surface area contributed by atoms with Crippen LogP contribution in [0.15, 0.2) is 24.4 Å². The summed E-state index contributed by atoms with van der Waals surface area (Å²) in [5.41, 5.74) is 1.59. The summed E-state index contributed by atoms with van der Waals surface area (Å²) in [6.45, 7) is 5.27. The van der Waals surface area contributed by atoms with Crippen LogP contribution in [0.2, 0.25) is 0 Å². The molecule has 0 saturated carbocycles. The Hall–Kier alpha value is -1.84. The monoisotopic (exact) mass is 287 g/mol. The molecular weight excluding hydrogens is 262 g/mol. The van der Waals surface area contributed by atoms with Gasteiger partial charge in [-0.2, -0.15) is 5.10 Å². The molecule has 2 aromatic rings. The van der Waals surface area contributed by atoms with Crippen LogP contribution < -0.4 is 5.32 Å². The first kappa shape index (κ1) is 15.5. The Bertz CT molecular complexity index is 574. The normalized spacial score (nSPS) is 11.2. The smallest absolute Gasteiger partial charge is 0.251 e. The van der Waals surface area contributed by atoms with Crippen molar-refractivity contribution in [2.45, 2.75) is 46.0 Å². The van der Waals surface area contributed by atoms with Gasteiger partial charge in [0.05, 0.1) is 11.7 Å². The highest BCUT2D eigenvalue weighted by atomic mass is 16.1. The van der Waals surface area contributed by atoms with E-state index in [0.29, 0.717) is 5.56 Å². The predicted molar refractivity (Wildman–Crippen MR) is 86.3 cm³/mol. The van der Waals surface area contributed by atoms with Crippen molar-refractivity contribution in [1.29, 1.82) is 0 Å². The summed E-state index contributed by atoms with van der Waals surface area (Å²) in [7, 11) is 0. The molecule has 114 valence electrons. The number of rotatable bonds is 8. The van der Waals surface area contributed by atoms with Crippen LogP contribution in [0.5, 0.6) is 0 Å². The van der Waals surface area contributed by atoms with Crippen molar-refractivity contribution < 1.29 is 4.79 Å². The Morgan fingerprint density at radius 3 is 2.86 bits per heavy atom. The van der Waals surface area contributed by atoms with Crippen LogP contribution in [-0.2, 0) is 0 Å². The number of carbonyl (C=O) groups is 1. The highest BCUT2D eigenvalue weighted by Gasteiger charge is 2.06. The van der Waals surface area contributed by atoms with Gasteiger partial charge in [0.1, 0.15) is 0 Å². The van der Waals surface area contributed by atoms with Crippen molar-refractivity contribution in [2.24, 2.45) is 5.92 Å². The molecular formula is C17H25N3O. The molecule has 0 fully saturated rings. The fourth-order valence-corrected chi connectivity index (χ4v) is 2.41. The zero-order valence-corrected chi connectivity index (χ0v) is 13.0. The van der Waals surface area contributed by atoms with E-state index in [1.165, 1.54) is 25.7 Å². The number of amides is 1. The van der Waals surface area contributed by atoms with Crippen molar-refractivity contribution in [3.8, 4) is 0 Å². The SMILES string of the molecule is CC(C)CCCCCCNC(=O)c1ccc2cn[nH]c2c1. The molecule has 2 rings (SSSR count). The van der Waals surface area contributed by atoms with Crippen LogP contribution >= 0.6 is 0 Å². The quantitative estimate of drug-likeness (QED) is 0.723. The summed E-state index contributed by atoms with van der Waals surface area (Å²) in [5, 5.41) is 10.9. The maximum Gasteiger partial charge on any atom is 0.251 e. The number of H-pyrrole nitrogens is 1. The van der Waals surface area contributed by atoms with E-state index < -0.39 is 0 Å². The number of benzene rings is 1. The van der Waals surface area contributed by atoms with Crippen molar-refractivity contribution in [1.82, 2.24) is 15.5 Å². The van der Waals surface area contributed by atoms with Gasteiger partial charge in [0.15, 0.2) is 0 Å². The molecule has 0 aliphatic carbocycles. The van der Waals surface area contributed by atoms with Crippen LogP contribution in [0, 0.1) is 5.92 Å². The maximum absolute atomic E-state index is 12.0. The van der Waals surface area contributed by atoms with E-state index >= 15 is 0 Å². The van der Waals surface area contributed by atoms with E-state index in [1.807, 2.05) is 18.2 Å². The Kier molecular flexibility index (Phi) is 5.78. The second-order valence-corrected chi connectivity index (χ2v) is 6.02. The molecule has 1 heterocycles. The van der Waals surface area contributed by atoms with E-state index in [9.17, 15) is 4.79 Å². The molecule has 0 aliphatic heterocycles. The molecule has 0 atom stereocenters. The zero-order chi connectivity index (χ0) is 15.1. The second kappa shape index (κ2) is 7.81. The average Bonchev–Trinajstić information content (AvgIpc) is 2.93. The van der Waals surface area contributed by atoms with Gasteiger partial charge in [0, 0.05) is 17.5 Å². The third kappa shape index (κ3) is 4.88. The molecule has 0 aliphatic rings. The number of unbranched alkanes of at least 4 members (excludes halogenated alkanes) is 3. The minimum Gasteiger partial charge on any atom is -0.352 e. The second-order valence-electron chi connectivity index (χ2n) is 6.02. The Morgan fingerprint density at radius 1 is 1.24 bits per heavy atom. The molecule has 0 spiro atoms. The first-order valence-electron chi connectivity index (χ1n) is 7.88. The van der Waals surface area contributed by atoms with Gasteiger partial charge in [-0.15, -0.1) is 0 Å². The van der Waals surface area contributed by atoms with Crippen molar-refractivity contribution in [3.63, 3.8) is 0 Å². The molecule has 0 unspecified atom stereocenters. The zero-order valence-electron chi connectivity index (χ0n) is 13.0. The largest absolute Gasteiger partial charge is 0.352 e. The van der Waals surface area contributed by atoms with E-state index in [0.717, 1.165) is 29.8 Å². The highest BCUT2D eigenvalue weighted by molar-refractivity contribution is 5.97. The van der Waals surface area contributed by atoms with Crippen LogP contribution in [0.4, 0.5) is 0 Å². The molecule has 2 N–H and O–H groups in total. The van der Waals surface area contributed by atoms with Gasteiger partial charge in [0.25, 0.3) is 5.91 Å². The Morgan fingerprint density at radius 2 is 2.05 bits per heavy atom. The lowest BCUT2D eigenvalue weighted by Gasteiger charge is -2.06. The summed E-state index contributed by atoms with van der Waals surface area (Å²) in [5.74, 6) is 0.788.